The zero-order valence-corrected chi connectivity index (χ0v) is 15.8. The first-order chi connectivity index (χ1) is 12.9. The Morgan fingerprint density at radius 2 is 1.85 bits per heavy atom. The van der Waals surface area contributed by atoms with Gasteiger partial charge in [-0.15, -0.1) is 0 Å². The molecule has 2 aromatic rings. The number of ether oxygens (including phenoxy) is 2. The predicted octanol–water partition coefficient (Wildman–Crippen LogP) is 1.75. The quantitative estimate of drug-likeness (QED) is 0.806. The second kappa shape index (κ2) is 7.69. The van der Waals surface area contributed by atoms with Gasteiger partial charge in [0.15, 0.2) is 17.2 Å². The molecule has 144 valence electrons. The number of benzene rings is 1. The van der Waals surface area contributed by atoms with Gasteiger partial charge in [0.1, 0.15) is 5.82 Å². The molecule has 1 fully saturated rings. The van der Waals surface area contributed by atoms with Crippen LogP contribution in [-0.2, 0) is 14.1 Å². The average molecular weight is 372 g/mol. The Morgan fingerprint density at radius 1 is 1.15 bits per heavy atom. The molecule has 0 spiro atoms. The number of anilines is 1. The van der Waals surface area contributed by atoms with Crippen molar-refractivity contribution in [3.8, 4) is 11.5 Å². The van der Waals surface area contributed by atoms with Crippen molar-refractivity contribution in [3.05, 3.63) is 44.6 Å². The van der Waals surface area contributed by atoms with Crippen LogP contribution in [0.15, 0.2) is 32.8 Å². The first-order valence-electron chi connectivity index (χ1n) is 8.86. The Labute approximate surface area is 156 Å². The Balaban J connectivity index is 1.90. The van der Waals surface area contributed by atoms with Crippen molar-refractivity contribution >= 4 is 17.7 Å². The molecule has 1 aromatic carbocycles. The van der Waals surface area contributed by atoms with Gasteiger partial charge in [-0.1, -0.05) is 0 Å². The lowest BCUT2D eigenvalue weighted by Gasteiger charge is -2.16. The molecule has 27 heavy (non-hydrogen) atoms. The van der Waals surface area contributed by atoms with Gasteiger partial charge in [-0.25, -0.2) is 9.79 Å². The van der Waals surface area contributed by atoms with Crippen LogP contribution in [0.25, 0.3) is 0 Å². The summed E-state index contributed by atoms with van der Waals surface area (Å²) in [6.45, 7) is 0. The average Bonchev–Trinajstić information content (AvgIpc) is 3.18. The van der Waals surface area contributed by atoms with Crippen molar-refractivity contribution in [1.82, 2.24) is 9.13 Å². The smallest absolute Gasteiger partial charge is 0.332 e. The summed E-state index contributed by atoms with van der Waals surface area (Å²) < 4.78 is 13.6. The maximum Gasteiger partial charge on any atom is 0.332 e. The van der Waals surface area contributed by atoms with Gasteiger partial charge in [0.05, 0.1) is 13.2 Å². The van der Waals surface area contributed by atoms with Crippen LogP contribution in [-0.4, -0.2) is 28.6 Å². The van der Waals surface area contributed by atoms with Crippen molar-refractivity contribution < 1.29 is 9.47 Å². The van der Waals surface area contributed by atoms with Crippen LogP contribution >= 0.6 is 0 Å². The van der Waals surface area contributed by atoms with E-state index < -0.39 is 11.2 Å². The molecule has 0 unspecified atom stereocenters. The summed E-state index contributed by atoms with van der Waals surface area (Å²) in [5.41, 5.74) is 5.59. The van der Waals surface area contributed by atoms with Crippen LogP contribution in [0.1, 0.15) is 31.2 Å². The monoisotopic (exact) mass is 372 g/mol. The van der Waals surface area contributed by atoms with Gasteiger partial charge in [0, 0.05) is 20.3 Å². The largest absolute Gasteiger partial charge is 0.493 e. The summed E-state index contributed by atoms with van der Waals surface area (Å²) in [4.78, 5) is 28.3. The van der Waals surface area contributed by atoms with Crippen molar-refractivity contribution in [2.24, 2.45) is 19.1 Å². The number of methoxy groups -OCH3 is 1. The molecular formula is C19H24N4O4. The van der Waals surface area contributed by atoms with Gasteiger partial charge >= 0.3 is 5.69 Å². The normalized spacial score (nSPS) is 14.8. The topological polar surface area (TPSA) is 101 Å². The molecule has 8 nitrogen and oxygen atoms in total. The molecular weight excluding hydrogens is 348 g/mol. The van der Waals surface area contributed by atoms with E-state index in [1.165, 1.54) is 37.7 Å². The van der Waals surface area contributed by atoms with Crippen LogP contribution in [0.4, 0.5) is 11.5 Å². The SMILES string of the molecule is COc1cc(C=Nc2c(N)n(C)c(=O)n(C)c2=O)ccc1OC1CCCC1. The summed E-state index contributed by atoms with van der Waals surface area (Å²) in [5.74, 6) is 1.32. The van der Waals surface area contributed by atoms with Gasteiger partial charge in [-0.2, -0.15) is 0 Å². The fourth-order valence-electron chi connectivity index (χ4n) is 3.15. The molecule has 0 aliphatic heterocycles. The molecule has 1 aromatic heterocycles. The van der Waals surface area contributed by atoms with Crippen LogP contribution in [0.5, 0.6) is 11.5 Å². The number of aromatic nitrogens is 2. The number of hydrogen-bond donors (Lipinski definition) is 1. The van der Waals surface area contributed by atoms with Crippen molar-refractivity contribution in [1.29, 1.82) is 0 Å². The molecule has 1 aliphatic rings. The van der Waals surface area contributed by atoms with E-state index in [0.29, 0.717) is 11.5 Å². The number of rotatable bonds is 5. The van der Waals surface area contributed by atoms with Crippen molar-refractivity contribution in [3.63, 3.8) is 0 Å². The van der Waals surface area contributed by atoms with Crippen LogP contribution in [0, 0.1) is 0 Å². The number of nitrogens with zero attached hydrogens (tertiary/aromatic N) is 3. The van der Waals surface area contributed by atoms with Gasteiger partial charge in [0.25, 0.3) is 5.56 Å². The van der Waals surface area contributed by atoms with E-state index in [-0.39, 0.29) is 17.6 Å². The highest BCUT2D eigenvalue weighted by Crippen LogP contribution is 2.32. The predicted molar refractivity (Wildman–Crippen MR) is 104 cm³/mol. The maximum absolute atomic E-state index is 12.3. The third-order valence-corrected chi connectivity index (χ3v) is 4.81. The summed E-state index contributed by atoms with van der Waals surface area (Å²) in [5, 5.41) is 0. The van der Waals surface area contributed by atoms with E-state index in [2.05, 4.69) is 4.99 Å². The van der Waals surface area contributed by atoms with E-state index in [0.717, 1.165) is 23.0 Å². The summed E-state index contributed by atoms with van der Waals surface area (Å²) >= 11 is 0. The molecule has 3 rings (SSSR count). The van der Waals surface area contributed by atoms with Gasteiger partial charge in [-0.3, -0.25) is 13.9 Å². The van der Waals surface area contributed by atoms with Gasteiger partial charge < -0.3 is 15.2 Å². The van der Waals surface area contributed by atoms with E-state index in [1.54, 1.807) is 13.2 Å². The van der Waals surface area contributed by atoms with Crippen LogP contribution < -0.4 is 26.5 Å². The van der Waals surface area contributed by atoms with Gasteiger partial charge in [0.2, 0.25) is 0 Å². The van der Waals surface area contributed by atoms with Crippen molar-refractivity contribution in [2.75, 3.05) is 12.8 Å². The third-order valence-electron chi connectivity index (χ3n) is 4.81. The molecule has 1 heterocycles. The lowest BCUT2D eigenvalue weighted by molar-refractivity contribution is 0.201. The number of nitrogens with two attached hydrogens (primary N) is 1. The molecule has 0 saturated heterocycles. The van der Waals surface area contributed by atoms with Gasteiger partial charge in [-0.05, 0) is 49.4 Å². The summed E-state index contributed by atoms with van der Waals surface area (Å²) in [6, 6.07) is 5.45. The fourth-order valence-corrected chi connectivity index (χ4v) is 3.15. The highest BCUT2D eigenvalue weighted by molar-refractivity contribution is 5.84. The molecule has 0 bridgehead atoms. The first-order valence-corrected chi connectivity index (χ1v) is 8.86. The fraction of sp³-hybridized carbons (Fsp3) is 0.421. The van der Waals surface area contributed by atoms with Crippen LogP contribution in [0.2, 0.25) is 0 Å². The lowest BCUT2D eigenvalue weighted by Crippen LogP contribution is -2.37. The number of aliphatic imine (C=N–C) groups is 1. The Morgan fingerprint density at radius 3 is 2.52 bits per heavy atom. The Kier molecular flexibility index (Phi) is 5.34. The highest BCUT2D eigenvalue weighted by Gasteiger charge is 2.18. The Bertz CT molecular complexity index is 984. The zero-order chi connectivity index (χ0) is 19.6. The standard InChI is InChI=1S/C19H24N4O4/c1-22-17(20)16(18(24)23(2)19(22)25)21-11-12-8-9-14(15(10-12)26-3)27-13-6-4-5-7-13/h8-11,13H,4-7,20H2,1-3H3. The minimum atomic E-state index is -0.542. The second-order valence-corrected chi connectivity index (χ2v) is 6.63. The zero-order valence-electron chi connectivity index (χ0n) is 15.8. The van der Waals surface area contributed by atoms with E-state index >= 15 is 0 Å². The Hall–Kier alpha value is -3.03. The number of nitrogen functional groups attached to an aromatic ring is 1. The minimum absolute atomic E-state index is 0.0184. The van der Waals surface area contributed by atoms with E-state index in [9.17, 15) is 9.59 Å². The third kappa shape index (κ3) is 3.74. The lowest BCUT2D eigenvalue weighted by atomic mass is 10.2. The molecule has 0 atom stereocenters. The molecule has 2 N–H and O–H groups in total. The molecule has 1 saturated carbocycles. The summed E-state index contributed by atoms with van der Waals surface area (Å²) in [7, 11) is 4.47. The summed E-state index contributed by atoms with van der Waals surface area (Å²) in [6.07, 6.45) is 6.23. The minimum Gasteiger partial charge on any atom is -0.493 e. The highest BCUT2D eigenvalue weighted by atomic mass is 16.5. The molecule has 1 aliphatic carbocycles. The maximum atomic E-state index is 12.3. The molecule has 8 heteroatoms. The second-order valence-electron chi connectivity index (χ2n) is 6.63. The van der Waals surface area contributed by atoms with Crippen LogP contribution in [0.3, 0.4) is 0 Å². The van der Waals surface area contributed by atoms with Crippen molar-refractivity contribution in [2.45, 2.75) is 31.8 Å². The van der Waals surface area contributed by atoms with E-state index in [1.807, 2.05) is 12.1 Å². The molecule has 0 amide bonds. The first kappa shape index (κ1) is 18.8. The van der Waals surface area contributed by atoms with E-state index in [4.69, 9.17) is 15.2 Å². The number of hydrogen-bond acceptors (Lipinski definition) is 6. The molecule has 0 radical (unpaired) electrons.